The third kappa shape index (κ3) is 6.27. The van der Waals surface area contributed by atoms with Crippen molar-refractivity contribution in [2.75, 3.05) is 19.0 Å². The molecule has 0 bridgehead atoms. The molecule has 9 heteroatoms. The lowest BCUT2D eigenvalue weighted by molar-refractivity contribution is -0.116. The van der Waals surface area contributed by atoms with Crippen molar-refractivity contribution < 1.29 is 14.3 Å². The van der Waals surface area contributed by atoms with E-state index in [0.29, 0.717) is 41.5 Å². The minimum absolute atomic E-state index is 0.124. The summed E-state index contributed by atoms with van der Waals surface area (Å²) in [6.45, 7) is 0.393. The van der Waals surface area contributed by atoms with Gasteiger partial charge in [0.1, 0.15) is 10.8 Å². The van der Waals surface area contributed by atoms with Crippen LogP contribution in [-0.2, 0) is 17.6 Å². The SMILES string of the molecule is COc1ccc(CCC(=O)Nc2nnc(CCNC(=O)c3ccccc3Cl)s2)cc1. The van der Waals surface area contributed by atoms with Crippen LogP contribution in [0.15, 0.2) is 48.5 Å². The lowest BCUT2D eigenvalue weighted by atomic mass is 10.1. The molecule has 156 valence electrons. The maximum absolute atomic E-state index is 12.1. The Balaban J connectivity index is 1.41. The van der Waals surface area contributed by atoms with Crippen molar-refractivity contribution >= 4 is 39.9 Å². The zero-order valence-corrected chi connectivity index (χ0v) is 17.9. The van der Waals surface area contributed by atoms with Gasteiger partial charge in [-0.2, -0.15) is 0 Å². The van der Waals surface area contributed by atoms with Crippen molar-refractivity contribution in [3.63, 3.8) is 0 Å². The lowest BCUT2D eigenvalue weighted by Gasteiger charge is -2.05. The smallest absolute Gasteiger partial charge is 0.252 e. The Hall–Kier alpha value is -2.97. The van der Waals surface area contributed by atoms with E-state index < -0.39 is 0 Å². The molecular formula is C21H21ClN4O3S. The molecule has 7 nitrogen and oxygen atoms in total. The Morgan fingerprint density at radius 3 is 2.57 bits per heavy atom. The highest BCUT2D eigenvalue weighted by molar-refractivity contribution is 7.15. The molecule has 0 unspecified atom stereocenters. The summed E-state index contributed by atoms with van der Waals surface area (Å²) in [6, 6.07) is 14.5. The first-order valence-corrected chi connectivity index (χ1v) is 10.5. The van der Waals surface area contributed by atoms with Gasteiger partial charge in [0.05, 0.1) is 17.7 Å². The van der Waals surface area contributed by atoms with Crippen LogP contribution in [0.5, 0.6) is 5.75 Å². The maximum Gasteiger partial charge on any atom is 0.252 e. The van der Waals surface area contributed by atoms with Gasteiger partial charge in [-0.15, -0.1) is 10.2 Å². The molecule has 0 atom stereocenters. The summed E-state index contributed by atoms with van der Waals surface area (Å²) in [4.78, 5) is 24.3. The first-order chi connectivity index (χ1) is 14.5. The third-order valence-corrected chi connectivity index (χ3v) is 5.48. The van der Waals surface area contributed by atoms with E-state index in [1.165, 1.54) is 11.3 Å². The van der Waals surface area contributed by atoms with Crippen molar-refractivity contribution in [2.45, 2.75) is 19.3 Å². The second-order valence-electron chi connectivity index (χ2n) is 6.38. The molecule has 0 saturated heterocycles. The fourth-order valence-electron chi connectivity index (χ4n) is 2.66. The molecule has 0 spiro atoms. The quantitative estimate of drug-likeness (QED) is 0.524. The number of hydrogen-bond acceptors (Lipinski definition) is 6. The number of ether oxygens (including phenoxy) is 1. The molecule has 0 aliphatic heterocycles. The number of aromatic nitrogens is 2. The number of nitrogens with zero attached hydrogens (tertiary/aromatic N) is 2. The van der Waals surface area contributed by atoms with Gasteiger partial charge in [0.2, 0.25) is 11.0 Å². The number of benzene rings is 2. The molecule has 30 heavy (non-hydrogen) atoms. The average molecular weight is 445 g/mol. The molecule has 0 aliphatic rings. The standard InChI is InChI=1S/C21H21ClN4O3S/c1-29-15-9-6-14(7-10-15)8-11-18(27)24-21-26-25-19(30-21)12-13-23-20(28)16-4-2-3-5-17(16)22/h2-7,9-10H,8,11-13H2,1H3,(H,23,28)(H,24,26,27). The topological polar surface area (TPSA) is 93.2 Å². The van der Waals surface area contributed by atoms with Gasteiger partial charge in [0.15, 0.2) is 0 Å². The molecule has 0 aliphatic carbocycles. The normalized spacial score (nSPS) is 10.5. The molecule has 2 aromatic carbocycles. The third-order valence-electron chi connectivity index (χ3n) is 4.26. The number of methoxy groups -OCH3 is 1. The number of amides is 2. The number of carbonyl (C=O) groups is 2. The van der Waals surface area contributed by atoms with Crippen LogP contribution in [0.1, 0.15) is 27.3 Å². The van der Waals surface area contributed by atoms with E-state index in [9.17, 15) is 9.59 Å². The van der Waals surface area contributed by atoms with Crippen LogP contribution in [0, 0.1) is 0 Å². The highest BCUT2D eigenvalue weighted by atomic mass is 35.5. The van der Waals surface area contributed by atoms with Crippen LogP contribution >= 0.6 is 22.9 Å². The minimum atomic E-state index is -0.239. The molecule has 0 saturated carbocycles. The van der Waals surface area contributed by atoms with Crippen LogP contribution in [0.4, 0.5) is 5.13 Å². The van der Waals surface area contributed by atoms with Gasteiger partial charge in [-0.05, 0) is 36.2 Å². The Labute approximate surface area is 183 Å². The highest BCUT2D eigenvalue weighted by Gasteiger charge is 2.11. The van der Waals surface area contributed by atoms with Gasteiger partial charge in [0, 0.05) is 19.4 Å². The Bertz CT molecular complexity index is 1010. The number of anilines is 1. The summed E-state index contributed by atoms with van der Waals surface area (Å²) in [6.07, 6.45) is 1.47. The van der Waals surface area contributed by atoms with E-state index in [1.54, 1.807) is 31.4 Å². The predicted octanol–water partition coefficient (Wildman–Crippen LogP) is 3.74. The summed E-state index contributed by atoms with van der Waals surface area (Å²) in [5.41, 5.74) is 1.49. The van der Waals surface area contributed by atoms with Crippen LogP contribution in [0.3, 0.4) is 0 Å². The first-order valence-electron chi connectivity index (χ1n) is 9.33. The zero-order chi connectivity index (χ0) is 21.3. The molecular weight excluding hydrogens is 424 g/mol. The summed E-state index contributed by atoms with van der Waals surface area (Å²) in [5.74, 6) is 0.422. The van der Waals surface area contributed by atoms with Crippen molar-refractivity contribution in [3.8, 4) is 5.75 Å². The largest absolute Gasteiger partial charge is 0.497 e. The molecule has 2 N–H and O–H groups in total. The van der Waals surface area contributed by atoms with E-state index in [1.807, 2.05) is 24.3 Å². The number of aryl methyl sites for hydroxylation is 1. The molecule has 0 radical (unpaired) electrons. The average Bonchev–Trinajstić information content (AvgIpc) is 3.20. The minimum Gasteiger partial charge on any atom is -0.497 e. The highest BCUT2D eigenvalue weighted by Crippen LogP contribution is 2.17. The van der Waals surface area contributed by atoms with Crippen LogP contribution < -0.4 is 15.4 Å². The van der Waals surface area contributed by atoms with Crippen LogP contribution in [0.2, 0.25) is 5.02 Å². The molecule has 1 heterocycles. The molecule has 2 amide bonds. The number of hydrogen-bond donors (Lipinski definition) is 2. The summed E-state index contributed by atoms with van der Waals surface area (Å²) in [5, 5.41) is 15.2. The maximum atomic E-state index is 12.1. The lowest BCUT2D eigenvalue weighted by Crippen LogP contribution is -2.25. The Kier molecular flexibility index (Phi) is 7.75. The van der Waals surface area contributed by atoms with E-state index in [-0.39, 0.29) is 11.8 Å². The molecule has 0 fully saturated rings. The number of carbonyl (C=O) groups excluding carboxylic acids is 2. The van der Waals surface area contributed by atoms with Gasteiger partial charge in [-0.3, -0.25) is 9.59 Å². The molecule has 1 aromatic heterocycles. The second kappa shape index (κ2) is 10.7. The predicted molar refractivity (Wildman–Crippen MR) is 117 cm³/mol. The van der Waals surface area contributed by atoms with E-state index >= 15 is 0 Å². The fraction of sp³-hybridized carbons (Fsp3) is 0.238. The van der Waals surface area contributed by atoms with E-state index in [0.717, 1.165) is 16.3 Å². The van der Waals surface area contributed by atoms with E-state index in [4.69, 9.17) is 16.3 Å². The Morgan fingerprint density at radius 2 is 1.83 bits per heavy atom. The number of nitrogens with one attached hydrogen (secondary N) is 2. The van der Waals surface area contributed by atoms with E-state index in [2.05, 4.69) is 20.8 Å². The van der Waals surface area contributed by atoms with Crippen molar-refractivity contribution in [3.05, 3.63) is 69.7 Å². The fourth-order valence-corrected chi connectivity index (χ4v) is 3.64. The monoisotopic (exact) mass is 444 g/mol. The van der Waals surface area contributed by atoms with Gasteiger partial charge in [-0.25, -0.2) is 0 Å². The van der Waals surface area contributed by atoms with Gasteiger partial charge in [0.25, 0.3) is 5.91 Å². The second-order valence-corrected chi connectivity index (χ2v) is 7.85. The zero-order valence-electron chi connectivity index (χ0n) is 16.4. The molecule has 3 aromatic rings. The molecule has 3 rings (SSSR count). The van der Waals surface area contributed by atoms with Crippen LogP contribution in [0.25, 0.3) is 0 Å². The van der Waals surface area contributed by atoms with Gasteiger partial charge >= 0.3 is 0 Å². The van der Waals surface area contributed by atoms with Gasteiger partial charge in [-0.1, -0.05) is 47.2 Å². The first kappa shape index (κ1) is 21.7. The summed E-state index contributed by atoms with van der Waals surface area (Å²) < 4.78 is 5.12. The Morgan fingerprint density at radius 1 is 1.07 bits per heavy atom. The van der Waals surface area contributed by atoms with Crippen molar-refractivity contribution in [1.29, 1.82) is 0 Å². The van der Waals surface area contributed by atoms with Gasteiger partial charge < -0.3 is 15.4 Å². The number of halogens is 1. The van der Waals surface area contributed by atoms with Crippen molar-refractivity contribution in [2.24, 2.45) is 0 Å². The summed E-state index contributed by atoms with van der Waals surface area (Å²) >= 11 is 7.31. The number of rotatable bonds is 9. The van der Waals surface area contributed by atoms with Crippen molar-refractivity contribution in [1.82, 2.24) is 15.5 Å². The van der Waals surface area contributed by atoms with Crippen LogP contribution in [-0.4, -0.2) is 35.7 Å². The summed E-state index contributed by atoms with van der Waals surface area (Å²) in [7, 11) is 1.62.